The molecule has 0 aliphatic rings. The van der Waals surface area contributed by atoms with Crippen LogP contribution in [-0.2, 0) is 11.3 Å². The lowest BCUT2D eigenvalue weighted by Crippen LogP contribution is -2.30. The second-order valence-corrected chi connectivity index (χ2v) is 6.86. The van der Waals surface area contributed by atoms with Gasteiger partial charge >= 0.3 is 0 Å². The lowest BCUT2D eigenvalue weighted by atomic mass is 10.2. The van der Waals surface area contributed by atoms with Crippen molar-refractivity contribution in [3.63, 3.8) is 0 Å². The van der Waals surface area contributed by atoms with Crippen molar-refractivity contribution in [2.45, 2.75) is 40.7 Å². The number of nitrogens with zero attached hydrogens (tertiary/aromatic N) is 2. The normalized spacial score (nSPS) is 11.3. The number of carbonyl (C=O) groups excluding carboxylic acids is 1. The number of carbonyl (C=O) groups is 1. The first-order valence-corrected chi connectivity index (χ1v) is 7.93. The van der Waals surface area contributed by atoms with Gasteiger partial charge in [0.05, 0.1) is 11.7 Å². The molecule has 6 heteroatoms. The number of amides is 1. The van der Waals surface area contributed by atoms with Crippen molar-refractivity contribution >= 4 is 27.5 Å². The molecular formula is C15H21N3O2S. The zero-order valence-electron chi connectivity index (χ0n) is 12.9. The van der Waals surface area contributed by atoms with Gasteiger partial charge in [0.15, 0.2) is 0 Å². The summed E-state index contributed by atoms with van der Waals surface area (Å²) in [5.41, 5.74) is 0.935. The van der Waals surface area contributed by atoms with Crippen LogP contribution in [0.1, 0.15) is 30.7 Å². The van der Waals surface area contributed by atoms with E-state index in [-0.39, 0.29) is 11.5 Å². The van der Waals surface area contributed by atoms with Gasteiger partial charge in [0.25, 0.3) is 5.56 Å². The molecule has 2 rings (SSSR count). The molecule has 0 atom stereocenters. The van der Waals surface area contributed by atoms with Gasteiger partial charge in [-0.2, -0.15) is 0 Å². The van der Waals surface area contributed by atoms with Crippen molar-refractivity contribution in [2.24, 2.45) is 5.92 Å². The van der Waals surface area contributed by atoms with E-state index < -0.39 is 0 Å². The molecule has 0 aliphatic heterocycles. The summed E-state index contributed by atoms with van der Waals surface area (Å²) in [5.74, 6) is 0.389. The zero-order valence-corrected chi connectivity index (χ0v) is 13.7. The van der Waals surface area contributed by atoms with Gasteiger partial charge in [-0.3, -0.25) is 14.2 Å². The maximum atomic E-state index is 12.4. The molecule has 2 aromatic heterocycles. The van der Waals surface area contributed by atoms with Gasteiger partial charge in [0.1, 0.15) is 4.83 Å². The third kappa shape index (κ3) is 3.50. The first kappa shape index (κ1) is 15.7. The van der Waals surface area contributed by atoms with E-state index in [0.29, 0.717) is 30.8 Å². The largest absolute Gasteiger partial charge is 0.356 e. The SMILES string of the molecule is Cc1sc2ncn(CCC(=O)NCC(C)C)c(=O)c2c1C. The third-order valence-electron chi connectivity index (χ3n) is 3.44. The molecule has 0 aliphatic carbocycles. The van der Waals surface area contributed by atoms with E-state index in [4.69, 9.17) is 0 Å². The summed E-state index contributed by atoms with van der Waals surface area (Å²) in [7, 11) is 0. The third-order valence-corrected chi connectivity index (χ3v) is 4.56. The van der Waals surface area contributed by atoms with E-state index in [1.165, 1.54) is 22.2 Å². The van der Waals surface area contributed by atoms with Crippen molar-refractivity contribution < 1.29 is 4.79 Å². The fraction of sp³-hybridized carbons (Fsp3) is 0.533. The molecule has 0 unspecified atom stereocenters. The summed E-state index contributed by atoms with van der Waals surface area (Å²) in [4.78, 5) is 30.4. The molecule has 0 bridgehead atoms. The van der Waals surface area contributed by atoms with Crippen LogP contribution in [0.2, 0.25) is 0 Å². The minimum absolute atomic E-state index is 0.0334. The Labute approximate surface area is 128 Å². The fourth-order valence-corrected chi connectivity index (χ4v) is 3.05. The summed E-state index contributed by atoms with van der Waals surface area (Å²) in [5, 5.41) is 3.53. The molecule has 2 heterocycles. The van der Waals surface area contributed by atoms with Gasteiger partial charge in [-0.05, 0) is 25.3 Å². The van der Waals surface area contributed by atoms with Gasteiger partial charge in [0.2, 0.25) is 5.91 Å². The van der Waals surface area contributed by atoms with E-state index in [2.05, 4.69) is 10.3 Å². The van der Waals surface area contributed by atoms with Crippen LogP contribution in [0.25, 0.3) is 10.2 Å². The number of nitrogens with one attached hydrogen (secondary N) is 1. The highest BCUT2D eigenvalue weighted by molar-refractivity contribution is 7.18. The average molecular weight is 307 g/mol. The van der Waals surface area contributed by atoms with Crippen LogP contribution in [0.3, 0.4) is 0 Å². The molecule has 0 radical (unpaired) electrons. The Morgan fingerprint density at radius 2 is 2.14 bits per heavy atom. The number of hydrogen-bond acceptors (Lipinski definition) is 4. The fourth-order valence-electron chi connectivity index (χ4n) is 2.06. The number of aromatic nitrogens is 2. The number of rotatable bonds is 5. The van der Waals surface area contributed by atoms with Gasteiger partial charge in [0, 0.05) is 24.4 Å². The van der Waals surface area contributed by atoms with E-state index in [1.807, 2.05) is 27.7 Å². The monoisotopic (exact) mass is 307 g/mol. The number of fused-ring (bicyclic) bond motifs is 1. The molecule has 0 saturated heterocycles. The summed E-state index contributed by atoms with van der Waals surface area (Å²) in [6.07, 6.45) is 1.83. The van der Waals surface area contributed by atoms with Gasteiger partial charge < -0.3 is 5.32 Å². The molecular weight excluding hydrogens is 286 g/mol. The number of hydrogen-bond donors (Lipinski definition) is 1. The molecule has 0 fully saturated rings. The Kier molecular flexibility index (Phi) is 4.77. The van der Waals surface area contributed by atoms with Crippen LogP contribution in [0, 0.1) is 19.8 Å². The van der Waals surface area contributed by atoms with Gasteiger partial charge in [-0.25, -0.2) is 4.98 Å². The van der Waals surface area contributed by atoms with E-state index >= 15 is 0 Å². The summed E-state index contributed by atoms with van der Waals surface area (Å²) < 4.78 is 1.52. The molecule has 0 saturated carbocycles. The van der Waals surface area contributed by atoms with E-state index in [9.17, 15) is 9.59 Å². The van der Waals surface area contributed by atoms with Crippen LogP contribution in [-0.4, -0.2) is 22.0 Å². The van der Waals surface area contributed by atoms with Crippen molar-refractivity contribution in [1.29, 1.82) is 0 Å². The molecule has 114 valence electrons. The molecule has 1 amide bonds. The van der Waals surface area contributed by atoms with Crippen LogP contribution in [0.5, 0.6) is 0 Å². The molecule has 1 N–H and O–H groups in total. The molecule has 0 spiro atoms. The lowest BCUT2D eigenvalue weighted by molar-refractivity contribution is -0.121. The van der Waals surface area contributed by atoms with Crippen LogP contribution in [0.4, 0.5) is 0 Å². The van der Waals surface area contributed by atoms with Gasteiger partial charge in [-0.15, -0.1) is 11.3 Å². The molecule has 5 nitrogen and oxygen atoms in total. The zero-order chi connectivity index (χ0) is 15.6. The Morgan fingerprint density at radius 1 is 1.43 bits per heavy atom. The summed E-state index contributed by atoms with van der Waals surface area (Å²) in [6.45, 7) is 9.05. The molecule has 21 heavy (non-hydrogen) atoms. The second-order valence-electron chi connectivity index (χ2n) is 5.65. The molecule has 2 aromatic rings. The Balaban J connectivity index is 2.13. The quantitative estimate of drug-likeness (QED) is 0.921. The Hall–Kier alpha value is -1.69. The highest BCUT2D eigenvalue weighted by atomic mass is 32.1. The second kappa shape index (κ2) is 6.39. The topological polar surface area (TPSA) is 64.0 Å². The van der Waals surface area contributed by atoms with E-state index in [1.54, 1.807) is 0 Å². The highest BCUT2D eigenvalue weighted by Gasteiger charge is 2.12. The minimum atomic E-state index is -0.0569. The smallest absolute Gasteiger partial charge is 0.262 e. The maximum Gasteiger partial charge on any atom is 0.262 e. The number of aryl methyl sites for hydroxylation is 3. The standard InChI is InChI=1S/C15H21N3O2S/c1-9(2)7-16-12(19)5-6-18-8-17-14-13(15(18)20)10(3)11(4)21-14/h8-9H,5-7H2,1-4H3,(H,16,19). The summed E-state index contributed by atoms with van der Waals surface area (Å²) >= 11 is 1.53. The number of thiophene rings is 1. The Morgan fingerprint density at radius 3 is 2.81 bits per heavy atom. The van der Waals surface area contributed by atoms with Crippen LogP contribution < -0.4 is 10.9 Å². The van der Waals surface area contributed by atoms with Crippen molar-refractivity contribution in [3.05, 3.63) is 27.1 Å². The van der Waals surface area contributed by atoms with Crippen molar-refractivity contribution in [3.8, 4) is 0 Å². The average Bonchev–Trinajstić information content (AvgIpc) is 2.72. The Bertz CT molecular complexity index is 716. The van der Waals surface area contributed by atoms with Crippen LogP contribution >= 0.6 is 11.3 Å². The minimum Gasteiger partial charge on any atom is -0.356 e. The first-order chi connectivity index (χ1) is 9.90. The highest BCUT2D eigenvalue weighted by Crippen LogP contribution is 2.25. The molecule has 0 aromatic carbocycles. The predicted octanol–water partition coefficient (Wildman–Crippen LogP) is 2.24. The van der Waals surface area contributed by atoms with Crippen molar-refractivity contribution in [2.75, 3.05) is 6.54 Å². The predicted molar refractivity (Wildman–Crippen MR) is 85.8 cm³/mol. The first-order valence-electron chi connectivity index (χ1n) is 7.12. The maximum absolute atomic E-state index is 12.4. The van der Waals surface area contributed by atoms with E-state index in [0.717, 1.165) is 15.3 Å². The summed E-state index contributed by atoms with van der Waals surface area (Å²) in [6, 6.07) is 0. The van der Waals surface area contributed by atoms with Crippen LogP contribution in [0.15, 0.2) is 11.1 Å². The van der Waals surface area contributed by atoms with Crippen molar-refractivity contribution in [1.82, 2.24) is 14.9 Å². The van der Waals surface area contributed by atoms with Gasteiger partial charge in [-0.1, -0.05) is 13.8 Å². The lowest BCUT2D eigenvalue weighted by Gasteiger charge is -2.08.